The van der Waals surface area contributed by atoms with E-state index in [1.807, 2.05) is 0 Å². The van der Waals surface area contributed by atoms with Gasteiger partial charge in [-0.15, -0.1) is 0 Å². The number of benzene rings is 1. The summed E-state index contributed by atoms with van der Waals surface area (Å²) in [5.74, 6) is -0.0722. The number of nitrogens with zero attached hydrogens (tertiary/aromatic N) is 1. The molecule has 3 atom stereocenters. The lowest BCUT2D eigenvalue weighted by atomic mass is 9.98. The monoisotopic (exact) mass is 439 g/mol. The number of hydrogen-bond acceptors (Lipinski definition) is 6. The van der Waals surface area contributed by atoms with E-state index < -0.39 is 22.2 Å². The van der Waals surface area contributed by atoms with Crippen LogP contribution in [0.4, 0.5) is 0 Å². The number of piperidine rings is 1. The van der Waals surface area contributed by atoms with Crippen LogP contribution in [0.1, 0.15) is 38.5 Å². The van der Waals surface area contributed by atoms with Crippen molar-refractivity contribution >= 4 is 15.9 Å². The Morgan fingerprint density at radius 2 is 1.87 bits per heavy atom. The first-order chi connectivity index (χ1) is 14.5. The highest BCUT2D eigenvalue weighted by atomic mass is 32.2. The summed E-state index contributed by atoms with van der Waals surface area (Å²) >= 11 is 0. The molecule has 2 aliphatic heterocycles. The van der Waals surface area contributed by atoms with Crippen LogP contribution in [0.2, 0.25) is 0 Å². The van der Waals surface area contributed by atoms with Gasteiger partial charge in [-0.2, -0.15) is 0 Å². The third kappa shape index (κ3) is 6.75. The fourth-order valence-electron chi connectivity index (χ4n) is 4.10. The van der Waals surface area contributed by atoms with Crippen molar-refractivity contribution < 1.29 is 23.1 Å². The average Bonchev–Trinajstić information content (AvgIpc) is 2.76. The van der Waals surface area contributed by atoms with Crippen molar-refractivity contribution in [3.05, 3.63) is 30.3 Å². The number of rotatable bonds is 9. The zero-order valence-electron chi connectivity index (χ0n) is 17.3. The second-order valence-electron chi connectivity index (χ2n) is 8.05. The molecule has 0 unspecified atom stereocenters. The number of amides is 1. The molecule has 9 heteroatoms. The van der Waals surface area contributed by atoms with E-state index in [0.717, 1.165) is 19.6 Å². The van der Waals surface area contributed by atoms with E-state index in [4.69, 9.17) is 4.74 Å². The van der Waals surface area contributed by atoms with Gasteiger partial charge in [0.15, 0.2) is 0 Å². The van der Waals surface area contributed by atoms with Crippen molar-refractivity contribution in [3.8, 4) is 0 Å². The maximum atomic E-state index is 12.6. The summed E-state index contributed by atoms with van der Waals surface area (Å²) < 4.78 is 33.6. The van der Waals surface area contributed by atoms with E-state index in [9.17, 15) is 18.3 Å². The topological polar surface area (TPSA) is 108 Å². The zero-order valence-corrected chi connectivity index (χ0v) is 18.1. The minimum Gasteiger partial charge on any atom is -0.394 e. The average molecular weight is 440 g/mol. The Morgan fingerprint density at radius 1 is 1.13 bits per heavy atom. The molecule has 3 N–H and O–H groups in total. The SMILES string of the molecule is O=C(C[C@H]1CC[C@H](NS(=O)(=O)c2ccccc2)[C@@H](CO)O1)NCCN1CCCCC1. The van der Waals surface area contributed by atoms with Crippen LogP contribution in [-0.4, -0.2) is 75.4 Å². The van der Waals surface area contributed by atoms with Crippen molar-refractivity contribution in [1.82, 2.24) is 14.9 Å². The van der Waals surface area contributed by atoms with Gasteiger partial charge in [-0.25, -0.2) is 13.1 Å². The molecule has 0 bridgehead atoms. The fraction of sp³-hybridized carbons (Fsp3) is 0.667. The van der Waals surface area contributed by atoms with Gasteiger partial charge in [0.25, 0.3) is 0 Å². The Bertz CT molecular complexity index is 768. The number of carbonyl (C=O) groups excluding carboxylic acids is 1. The Hall–Kier alpha value is -1.52. The first-order valence-corrected chi connectivity index (χ1v) is 12.3. The van der Waals surface area contributed by atoms with Crippen molar-refractivity contribution in [2.75, 3.05) is 32.8 Å². The van der Waals surface area contributed by atoms with Gasteiger partial charge < -0.3 is 20.1 Å². The molecule has 0 aliphatic carbocycles. The molecule has 1 aromatic carbocycles. The van der Waals surface area contributed by atoms with Gasteiger partial charge in [0, 0.05) is 13.1 Å². The van der Waals surface area contributed by atoms with E-state index in [2.05, 4.69) is 14.9 Å². The van der Waals surface area contributed by atoms with Crippen molar-refractivity contribution in [3.63, 3.8) is 0 Å². The Kier molecular flexibility index (Phi) is 8.64. The Balaban J connectivity index is 1.44. The highest BCUT2D eigenvalue weighted by Crippen LogP contribution is 2.23. The second kappa shape index (κ2) is 11.2. The first kappa shape index (κ1) is 23.1. The lowest BCUT2D eigenvalue weighted by Crippen LogP contribution is -2.51. The number of aliphatic hydroxyl groups excluding tert-OH is 1. The molecule has 1 aromatic rings. The van der Waals surface area contributed by atoms with E-state index in [1.165, 1.54) is 31.4 Å². The third-order valence-corrected chi connectivity index (χ3v) is 7.27. The van der Waals surface area contributed by atoms with Gasteiger partial charge in [-0.3, -0.25) is 4.79 Å². The lowest BCUT2D eigenvalue weighted by molar-refractivity contribution is -0.130. The second-order valence-corrected chi connectivity index (χ2v) is 9.77. The highest BCUT2D eigenvalue weighted by molar-refractivity contribution is 7.89. The number of carbonyl (C=O) groups is 1. The van der Waals surface area contributed by atoms with Gasteiger partial charge in [0.05, 0.1) is 36.2 Å². The number of nitrogens with one attached hydrogen (secondary N) is 2. The molecule has 2 heterocycles. The van der Waals surface area contributed by atoms with E-state index in [1.54, 1.807) is 18.2 Å². The van der Waals surface area contributed by atoms with Crippen LogP contribution in [-0.2, 0) is 19.6 Å². The quantitative estimate of drug-likeness (QED) is 0.527. The molecule has 0 radical (unpaired) electrons. The predicted octanol–water partition coefficient (Wildman–Crippen LogP) is 0.866. The normalized spacial score (nSPS) is 25.7. The Labute approximate surface area is 179 Å². The molecule has 168 valence electrons. The third-order valence-electron chi connectivity index (χ3n) is 5.77. The smallest absolute Gasteiger partial charge is 0.240 e. The van der Waals surface area contributed by atoms with Gasteiger partial charge in [0.1, 0.15) is 0 Å². The first-order valence-electron chi connectivity index (χ1n) is 10.8. The number of aliphatic hydroxyl groups is 1. The minimum atomic E-state index is -3.69. The lowest BCUT2D eigenvalue weighted by Gasteiger charge is -2.35. The summed E-state index contributed by atoms with van der Waals surface area (Å²) in [6, 6.07) is 7.60. The van der Waals surface area contributed by atoms with E-state index >= 15 is 0 Å². The molecule has 8 nitrogen and oxygen atoms in total. The summed E-state index contributed by atoms with van der Waals surface area (Å²) in [5.41, 5.74) is 0. The summed E-state index contributed by atoms with van der Waals surface area (Å²) in [7, 11) is -3.69. The molecule has 30 heavy (non-hydrogen) atoms. The molecule has 1 amide bonds. The van der Waals surface area contributed by atoms with Crippen LogP contribution in [0.25, 0.3) is 0 Å². The number of hydrogen-bond donors (Lipinski definition) is 3. The van der Waals surface area contributed by atoms with Crippen LogP contribution in [0.15, 0.2) is 35.2 Å². The van der Waals surface area contributed by atoms with E-state index in [-0.39, 0.29) is 29.9 Å². The molecular weight excluding hydrogens is 406 g/mol. The minimum absolute atomic E-state index is 0.0722. The standard InChI is InChI=1S/C21H33N3O5S/c25-16-20-19(23-30(27,28)18-7-3-1-4-8-18)10-9-17(29-20)15-21(26)22-11-14-24-12-5-2-6-13-24/h1,3-4,7-8,17,19-20,23,25H,2,5-6,9-16H2,(H,22,26)/t17-,19+,20-/m1/s1. The Morgan fingerprint density at radius 3 is 2.57 bits per heavy atom. The maximum absolute atomic E-state index is 12.6. The van der Waals surface area contributed by atoms with Crippen LogP contribution < -0.4 is 10.0 Å². The van der Waals surface area contributed by atoms with Gasteiger partial charge in [0.2, 0.25) is 15.9 Å². The van der Waals surface area contributed by atoms with Crippen LogP contribution in [0.5, 0.6) is 0 Å². The molecular formula is C21H33N3O5S. The van der Waals surface area contributed by atoms with Gasteiger partial charge >= 0.3 is 0 Å². The van der Waals surface area contributed by atoms with Gasteiger partial charge in [-0.1, -0.05) is 24.6 Å². The molecule has 3 rings (SSSR count). The summed E-state index contributed by atoms with van der Waals surface area (Å²) in [6.07, 6.45) is 4.01. The largest absolute Gasteiger partial charge is 0.394 e. The maximum Gasteiger partial charge on any atom is 0.240 e. The summed E-state index contributed by atoms with van der Waals surface area (Å²) in [6.45, 7) is 3.36. The zero-order chi connectivity index (χ0) is 21.4. The van der Waals surface area contributed by atoms with Crippen LogP contribution in [0, 0.1) is 0 Å². The number of ether oxygens (including phenoxy) is 1. The van der Waals surface area contributed by atoms with Crippen molar-refractivity contribution in [1.29, 1.82) is 0 Å². The predicted molar refractivity (Wildman–Crippen MR) is 113 cm³/mol. The molecule has 0 spiro atoms. The van der Waals surface area contributed by atoms with Crippen LogP contribution in [0.3, 0.4) is 0 Å². The molecule has 2 aliphatic rings. The highest BCUT2D eigenvalue weighted by Gasteiger charge is 2.34. The molecule has 0 aromatic heterocycles. The van der Waals surface area contributed by atoms with Crippen molar-refractivity contribution in [2.45, 2.75) is 61.7 Å². The number of sulfonamides is 1. The van der Waals surface area contributed by atoms with Gasteiger partial charge in [-0.05, 0) is 50.9 Å². The molecule has 0 saturated carbocycles. The van der Waals surface area contributed by atoms with E-state index in [0.29, 0.717) is 19.4 Å². The van der Waals surface area contributed by atoms with Crippen molar-refractivity contribution in [2.24, 2.45) is 0 Å². The molecule has 2 saturated heterocycles. The summed E-state index contributed by atoms with van der Waals surface area (Å²) in [4.78, 5) is 14.8. The molecule has 2 fully saturated rings. The number of likely N-dealkylation sites (tertiary alicyclic amines) is 1. The fourth-order valence-corrected chi connectivity index (χ4v) is 5.42. The summed E-state index contributed by atoms with van der Waals surface area (Å²) in [5, 5.41) is 12.6. The van der Waals surface area contributed by atoms with Crippen LogP contribution >= 0.6 is 0 Å².